The van der Waals surface area contributed by atoms with Crippen LogP contribution in [0.3, 0.4) is 0 Å². The maximum atomic E-state index is 11.5. The van der Waals surface area contributed by atoms with Gasteiger partial charge in [0, 0.05) is 37.1 Å². The average Bonchev–Trinajstić information content (AvgIpc) is 2.89. The minimum absolute atomic E-state index is 0.0206. The van der Waals surface area contributed by atoms with Crippen LogP contribution < -0.4 is 10.6 Å². The highest BCUT2D eigenvalue weighted by atomic mass is 16.1. The van der Waals surface area contributed by atoms with Crippen LogP contribution in [0.2, 0.25) is 0 Å². The van der Waals surface area contributed by atoms with Gasteiger partial charge in [0.1, 0.15) is 0 Å². The number of likely N-dealkylation sites (N-methyl/N-ethyl adjacent to an activating group) is 1. The van der Waals surface area contributed by atoms with E-state index < -0.39 is 0 Å². The first kappa shape index (κ1) is 13.9. The van der Waals surface area contributed by atoms with Crippen LogP contribution >= 0.6 is 0 Å². The number of carbonyl (C=O) groups excluding carboxylic acids is 1. The van der Waals surface area contributed by atoms with Crippen molar-refractivity contribution < 1.29 is 4.79 Å². The number of benzene rings is 1. The average molecular weight is 261 g/mol. The number of nitrogen functional groups attached to an aromatic ring is 1. The van der Waals surface area contributed by atoms with Gasteiger partial charge in [0.05, 0.1) is 0 Å². The van der Waals surface area contributed by atoms with Gasteiger partial charge < -0.3 is 15.5 Å². The van der Waals surface area contributed by atoms with Crippen molar-refractivity contribution in [3.05, 3.63) is 23.8 Å². The maximum Gasteiger partial charge on any atom is 0.161 e. The highest BCUT2D eigenvalue weighted by Gasteiger charge is 2.13. The first-order valence-electron chi connectivity index (χ1n) is 6.92. The Bertz CT molecular complexity index is 453. The Hall–Kier alpha value is -1.55. The van der Waals surface area contributed by atoms with Gasteiger partial charge >= 0.3 is 0 Å². The van der Waals surface area contributed by atoms with E-state index in [4.69, 9.17) is 5.73 Å². The van der Waals surface area contributed by atoms with Crippen molar-refractivity contribution in [1.29, 1.82) is 0 Å². The lowest BCUT2D eigenvalue weighted by Crippen LogP contribution is -2.31. The molecule has 4 nitrogen and oxygen atoms in total. The highest BCUT2D eigenvalue weighted by Crippen LogP contribution is 2.21. The number of hydrogen-bond acceptors (Lipinski definition) is 4. The van der Waals surface area contributed by atoms with Crippen molar-refractivity contribution in [3.8, 4) is 0 Å². The Labute approximate surface area is 115 Å². The highest BCUT2D eigenvalue weighted by molar-refractivity contribution is 6.00. The number of anilines is 2. The molecule has 0 aliphatic carbocycles. The fourth-order valence-electron chi connectivity index (χ4n) is 2.51. The van der Waals surface area contributed by atoms with Gasteiger partial charge in [-0.2, -0.15) is 0 Å². The van der Waals surface area contributed by atoms with Crippen LogP contribution in [0.4, 0.5) is 11.4 Å². The number of Topliss-reactive ketones (excluding diaryl/α,β-unsaturated/α-hetero) is 1. The standard InChI is InChI=1S/C15H23N3O/c1-12(19)14-11-13(5-6-15(14)16)17(2)9-10-18-7-3-4-8-18/h5-6,11H,3-4,7-10,16H2,1-2H3. The molecule has 0 unspecified atom stereocenters. The molecule has 1 aliphatic heterocycles. The predicted molar refractivity (Wildman–Crippen MR) is 79.8 cm³/mol. The zero-order valence-corrected chi connectivity index (χ0v) is 11.9. The van der Waals surface area contributed by atoms with Crippen molar-refractivity contribution in [2.75, 3.05) is 43.9 Å². The fraction of sp³-hybridized carbons (Fsp3) is 0.533. The molecular weight excluding hydrogens is 238 g/mol. The number of nitrogens with zero attached hydrogens (tertiary/aromatic N) is 2. The second-order valence-electron chi connectivity index (χ2n) is 5.30. The normalized spacial score (nSPS) is 15.7. The molecule has 2 N–H and O–H groups in total. The third-order valence-electron chi connectivity index (χ3n) is 3.81. The second-order valence-corrected chi connectivity index (χ2v) is 5.30. The van der Waals surface area contributed by atoms with Crippen LogP contribution in [0.15, 0.2) is 18.2 Å². The van der Waals surface area contributed by atoms with Crippen LogP contribution in [0.25, 0.3) is 0 Å². The third kappa shape index (κ3) is 3.47. The van der Waals surface area contributed by atoms with Gasteiger partial charge in [-0.15, -0.1) is 0 Å². The van der Waals surface area contributed by atoms with Gasteiger partial charge in [-0.3, -0.25) is 4.79 Å². The van der Waals surface area contributed by atoms with Gasteiger partial charge in [-0.05, 0) is 51.1 Å². The van der Waals surface area contributed by atoms with Crippen molar-refractivity contribution in [2.45, 2.75) is 19.8 Å². The molecule has 1 heterocycles. The quantitative estimate of drug-likeness (QED) is 0.650. The molecular formula is C15H23N3O. The molecule has 1 fully saturated rings. The molecule has 0 saturated carbocycles. The Balaban J connectivity index is 1.99. The molecule has 19 heavy (non-hydrogen) atoms. The molecule has 1 aliphatic rings. The molecule has 1 aromatic rings. The Morgan fingerprint density at radius 3 is 2.68 bits per heavy atom. The minimum Gasteiger partial charge on any atom is -0.398 e. The van der Waals surface area contributed by atoms with E-state index in [1.165, 1.54) is 25.9 Å². The largest absolute Gasteiger partial charge is 0.398 e. The molecule has 0 atom stereocenters. The zero-order chi connectivity index (χ0) is 13.8. The van der Waals surface area contributed by atoms with E-state index in [1.807, 2.05) is 18.2 Å². The monoisotopic (exact) mass is 261 g/mol. The molecule has 4 heteroatoms. The van der Waals surface area contributed by atoms with Crippen molar-refractivity contribution in [1.82, 2.24) is 4.90 Å². The summed E-state index contributed by atoms with van der Waals surface area (Å²) in [5.41, 5.74) is 8.05. The number of rotatable bonds is 5. The Kier molecular flexibility index (Phi) is 4.43. The summed E-state index contributed by atoms with van der Waals surface area (Å²) in [6.07, 6.45) is 2.64. The number of nitrogens with two attached hydrogens (primary N) is 1. The third-order valence-corrected chi connectivity index (χ3v) is 3.81. The predicted octanol–water partition coefficient (Wildman–Crippen LogP) is 2.00. The molecule has 0 radical (unpaired) electrons. The smallest absolute Gasteiger partial charge is 0.161 e. The molecule has 0 amide bonds. The van der Waals surface area contributed by atoms with Crippen LogP contribution in [-0.2, 0) is 0 Å². The van der Waals surface area contributed by atoms with Crippen molar-refractivity contribution in [2.24, 2.45) is 0 Å². The summed E-state index contributed by atoms with van der Waals surface area (Å²) in [5, 5.41) is 0. The first-order chi connectivity index (χ1) is 9.08. The number of carbonyl (C=O) groups is 1. The van der Waals surface area contributed by atoms with E-state index in [2.05, 4.69) is 16.8 Å². The molecule has 0 bridgehead atoms. The summed E-state index contributed by atoms with van der Waals surface area (Å²) < 4.78 is 0. The summed E-state index contributed by atoms with van der Waals surface area (Å²) in [4.78, 5) is 16.2. The summed E-state index contributed by atoms with van der Waals surface area (Å²) in [5.74, 6) is 0.0206. The fourth-order valence-corrected chi connectivity index (χ4v) is 2.51. The van der Waals surface area contributed by atoms with Gasteiger partial charge in [-0.1, -0.05) is 0 Å². The SMILES string of the molecule is CC(=O)c1cc(N(C)CCN2CCCC2)ccc1N. The number of ketones is 1. The summed E-state index contributed by atoms with van der Waals surface area (Å²) in [6, 6.07) is 5.69. The Morgan fingerprint density at radius 2 is 2.05 bits per heavy atom. The lowest BCUT2D eigenvalue weighted by molar-refractivity contribution is 0.101. The molecule has 104 valence electrons. The molecule has 1 aromatic carbocycles. The molecule has 0 spiro atoms. The van der Waals surface area contributed by atoms with E-state index >= 15 is 0 Å². The molecule has 1 saturated heterocycles. The van der Waals surface area contributed by atoms with E-state index in [0.29, 0.717) is 11.3 Å². The van der Waals surface area contributed by atoms with E-state index in [-0.39, 0.29) is 5.78 Å². The van der Waals surface area contributed by atoms with E-state index in [0.717, 1.165) is 18.8 Å². The number of likely N-dealkylation sites (tertiary alicyclic amines) is 1. The van der Waals surface area contributed by atoms with Gasteiger partial charge in [-0.25, -0.2) is 0 Å². The molecule has 2 rings (SSSR count). The number of hydrogen-bond donors (Lipinski definition) is 1. The van der Waals surface area contributed by atoms with Gasteiger partial charge in [0.25, 0.3) is 0 Å². The van der Waals surface area contributed by atoms with Crippen LogP contribution in [0.5, 0.6) is 0 Å². The van der Waals surface area contributed by atoms with Crippen LogP contribution in [0.1, 0.15) is 30.1 Å². The van der Waals surface area contributed by atoms with Crippen molar-refractivity contribution in [3.63, 3.8) is 0 Å². The summed E-state index contributed by atoms with van der Waals surface area (Å²) in [7, 11) is 2.06. The topological polar surface area (TPSA) is 49.6 Å². The van der Waals surface area contributed by atoms with Gasteiger partial charge in [0.2, 0.25) is 0 Å². The van der Waals surface area contributed by atoms with Crippen LogP contribution in [-0.4, -0.2) is 43.9 Å². The second kappa shape index (κ2) is 6.06. The maximum absolute atomic E-state index is 11.5. The lowest BCUT2D eigenvalue weighted by atomic mass is 10.1. The summed E-state index contributed by atoms with van der Waals surface area (Å²) in [6.45, 7) is 6.04. The minimum atomic E-state index is 0.0206. The van der Waals surface area contributed by atoms with E-state index in [1.54, 1.807) is 6.92 Å². The lowest BCUT2D eigenvalue weighted by Gasteiger charge is -2.23. The summed E-state index contributed by atoms with van der Waals surface area (Å²) >= 11 is 0. The molecule has 0 aromatic heterocycles. The Morgan fingerprint density at radius 1 is 1.37 bits per heavy atom. The van der Waals surface area contributed by atoms with Crippen LogP contribution in [0, 0.1) is 0 Å². The zero-order valence-electron chi connectivity index (χ0n) is 11.9. The first-order valence-corrected chi connectivity index (χ1v) is 6.92. The van der Waals surface area contributed by atoms with Crippen molar-refractivity contribution >= 4 is 17.2 Å². The van der Waals surface area contributed by atoms with Gasteiger partial charge in [0.15, 0.2) is 5.78 Å². The van der Waals surface area contributed by atoms with E-state index in [9.17, 15) is 4.79 Å².